The van der Waals surface area contributed by atoms with Gasteiger partial charge in [0.1, 0.15) is 10.6 Å². The molecular weight excluding hydrogens is 362 g/mol. The Bertz CT molecular complexity index is 998. The van der Waals surface area contributed by atoms with E-state index in [0.717, 1.165) is 16.9 Å². The minimum Gasteiger partial charge on any atom is -0.497 e. The van der Waals surface area contributed by atoms with E-state index in [1.807, 2.05) is 54.6 Å². The van der Waals surface area contributed by atoms with E-state index in [2.05, 4.69) is 9.82 Å². The maximum Gasteiger partial charge on any atom is 0.243 e. The van der Waals surface area contributed by atoms with Crippen molar-refractivity contribution >= 4 is 10.0 Å². The third kappa shape index (κ3) is 4.96. The smallest absolute Gasteiger partial charge is 0.243 e. The summed E-state index contributed by atoms with van der Waals surface area (Å²) in [6.45, 7) is 2.54. The van der Waals surface area contributed by atoms with Crippen LogP contribution in [0.15, 0.2) is 65.7 Å². The van der Waals surface area contributed by atoms with Gasteiger partial charge in [0, 0.05) is 12.7 Å². The highest BCUT2D eigenvalue weighted by Gasteiger charge is 2.20. The number of nitrogens with zero attached hydrogens (tertiary/aromatic N) is 2. The lowest BCUT2D eigenvalue weighted by molar-refractivity contribution is 0.414. The van der Waals surface area contributed by atoms with Crippen molar-refractivity contribution in [2.24, 2.45) is 0 Å². The second-order valence-electron chi connectivity index (χ2n) is 6.26. The van der Waals surface area contributed by atoms with E-state index in [4.69, 9.17) is 4.74 Å². The Kier molecular flexibility index (Phi) is 5.93. The number of ether oxygens (including phenoxy) is 1. The second-order valence-corrected chi connectivity index (χ2v) is 8.00. The summed E-state index contributed by atoms with van der Waals surface area (Å²) in [6.07, 6.45) is 2.16. The molecule has 142 valence electrons. The van der Waals surface area contributed by atoms with Crippen LogP contribution in [0.4, 0.5) is 0 Å². The molecule has 2 aromatic carbocycles. The lowest BCUT2D eigenvalue weighted by Crippen LogP contribution is -2.26. The van der Waals surface area contributed by atoms with E-state index in [0.29, 0.717) is 25.2 Å². The van der Waals surface area contributed by atoms with E-state index >= 15 is 0 Å². The monoisotopic (exact) mass is 385 g/mol. The maximum atomic E-state index is 12.6. The molecule has 1 aromatic heterocycles. The molecule has 1 N–H and O–H groups in total. The third-order valence-electron chi connectivity index (χ3n) is 4.22. The van der Waals surface area contributed by atoms with Gasteiger partial charge in [0.25, 0.3) is 0 Å². The molecule has 0 saturated carbocycles. The van der Waals surface area contributed by atoms with Gasteiger partial charge in [-0.1, -0.05) is 42.5 Å². The number of hydrogen-bond acceptors (Lipinski definition) is 4. The molecule has 3 aromatic rings. The highest BCUT2D eigenvalue weighted by Crippen LogP contribution is 2.16. The minimum absolute atomic E-state index is 0.212. The van der Waals surface area contributed by atoms with Gasteiger partial charge in [-0.3, -0.25) is 4.68 Å². The van der Waals surface area contributed by atoms with Gasteiger partial charge in [0.15, 0.2) is 0 Å². The van der Waals surface area contributed by atoms with E-state index in [1.165, 1.54) is 0 Å². The molecule has 6 nitrogen and oxygen atoms in total. The Hall–Kier alpha value is -2.64. The summed E-state index contributed by atoms with van der Waals surface area (Å²) >= 11 is 0. The highest BCUT2D eigenvalue weighted by molar-refractivity contribution is 7.89. The number of benzene rings is 2. The van der Waals surface area contributed by atoms with Crippen molar-refractivity contribution in [3.63, 3.8) is 0 Å². The van der Waals surface area contributed by atoms with Crippen LogP contribution in [0.1, 0.15) is 16.8 Å². The molecule has 0 aliphatic carbocycles. The normalized spacial score (nSPS) is 11.5. The van der Waals surface area contributed by atoms with Crippen LogP contribution in [-0.2, 0) is 23.0 Å². The van der Waals surface area contributed by atoms with E-state index < -0.39 is 10.0 Å². The van der Waals surface area contributed by atoms with Gasteiger partial charge in [-0.05, 0) is 36.6 Å². The number of hydrogen-bond donors (Lipinski definition) is 1. The quantitative estimate of drug-likeness (QED) is 0.647. The van der Waals surface area contributed by atoms with Crippen molar-refractivity contribution in [3.05, 3.63) is 77.6 Å². The molecule has 0 bridgehead atoms. The topological polar surface area (TPSA) is 73.2 Å². The first kappa shape index (κ1) is 19.1. The highest BCUT2D eigenvalue weighted by atomic mass is 32.2. The zero-order valence-corrected chi connectivity index (χ0v) is 16.2. The number of methoxy groups -OCH3 is 1. The molecule has 0 aliphatic rings. The Morgan fingerprint density at radius 1 is 1.07 bits per heavy atom. The van der Waals surface area contributed by atoms with Gasteiger partial charge in [-0.25, -0.2) is 13.1 Å². The zero-order chi connectivity index (χ0) is 19.3. The van der Waals surface area contributed by atoms with Crippen molar-refractivity contribution in [1.82, 2.24) is 14.5 Å². The van der Waals surface area contributed by atoms with Gasteiger partial charge < -0.3 is 4.74 Å². The summed E-state index contributed by atoms with van der Waals surface area (Å²) in [6, 6.07) is 17.4. The van der Waals surface area contributed by atoms with Crippen molar-refractivity contribution in [1.29, 1.82) is 0 Å². The van der Waals surface area contributed by atoms with Gasteiger partial charge >= 0.3 is 0 Å². The van der Waals surface area contributed by atoms with Crippen LogP contribution < -0.4 is 9.46 Å². The van der Waals surface area contributed by atoms with E-state index in [9.17, 15) is 8.42 Å². The molecule has 0 aliphatic heterocycles. The molecule has 3 rings (SSSR count). The van der Waals surface area contributed by atoms with Crippen molar-refractivity contribution < 1.29 is 13.2 Å². The first-order valence-electron chi connectivity index (χ1n) is 8.68. The van der Waals surface area contributed by atoms with Crippen molar-refractivity contribution in [2.75, 3.05) is 13.7 Å². The summed E-state index contributed by atoms with van der Waals surface area (Å²) in [5, 5.41) is 4.34. The van der Waals surface area contributed by atoms with Crippen molar-refractivity contribution in [2.45, 2.75) is 24.8 Å². The molecule has 0 radical (unpaired) electrons. The standard InChI is InChI=1S/C20H23N3O3S/c1-16-20(15-23(22-16)14-18-7-4-3-5-8-18)27(24,25)21-12-11-17-9-6-10-19(13-17)26-2/h3-10,13,15,21H,11-12,14H2,1-2H3. The summed E-state index contributed by atoms with van der Waals surface area (Å²) in [5.41, 5.74) is 2.56. The van der Waals surface area contributed by atoms with Crippen LogP contribution in [0, 0.1) is 6.92 Å². The maximum absolute atomic E-state index is 12.6. The average molecular weight is 385 g/mol. The van der Waals surface area contributed by atoms with Crippen LogP contribution >= 0.6 is 0 Å². The predicted octanol–water partition coefficient (Wildman–Crippen LogP) is 2.77. The summed E-state index contributed by atoms with van der Waals surface area (Å²) in [5.74, 6) is 0.758. The van der Waals surface area contributed by atoms with Gasteiger partial charge in [0.05, 0.1) is 19.3 Å². The number of nitrogens with one attached hydrogen (secondary N) is 1. The second kappa shape index (κ2) is 8.37. The largest absolute Gasteiger partial charge is 0.497 e. The summed E-state index contributed by atoms with van der Waals surface area (Å²) in [4.78, 5) is 0.212. The number of aryl methyl sites for hydroxylation is 1. The predicted molar refractivity (Wildman–Crippen MR) is 104 cm³/mol. The number of sulfonamides is 1. The lowest BCUT2D eigenvalue weighted by Gasteiger charge is -2.07. The Balaban J connectivity index is 1.65. The Morgan fingerprint density at radius 2 is 1.81 bits per heavy atom. The Labute approximate surface area is 159 Å². The zero-order valence-electron chi connectivity index (χ0n) is 15.4. The van der Waals surface area contributed by atoms with Crippen molar-refractivity contribution in [3.8, 4) is 5.75 Å². The molecular formula is C20H23N3O3S. The van der Waals surface area contributed by atoms with Crippen LogP contribution in [0.5, 0.6) is 5.75 Å². The number of rotatable bonds is 8. The lowest BCUT2D eigenvalue weighted by atomic mass is 10.1. The first-order chi connectivity index (χ1) is 13.0. The van der Waals surface area contributed by atoms with E-state index in [1.54, 1.807) is 24.9 Å². The average Bonchev–Trinajstić information content (AvgIpc) is 3.04. The molecule has 0 spiro atoms. The van der Waals surface area contributed by atoms with Crippen LogP contribution in [0.2, 0.25) is 0 Å². The fraction of sp³-hybridized carbons (Fsp3) is 0.250. The van der Waals surface area contributed by atoms with E-state index in [-0.39, 0.29) is 4.90 Å². The van der Waals surface area contributed by atoms with Gasteiger partial charge in [-0.15, -0.1) is 0 Å². The molecule has 0 amide bonds. The first-order valence-corrected chi connectivity index (χ1v) is 10.2. The number of aromatic nitrogens is 2. The fourth-order valence-electron chi connectivity index (χ4n) is 2.85. The van der Waals surface area contributed by atoms with Crippen LogP contribution in [-0.4, -0.2) is 31.9 Å². The van der Waals surface area contributed by atoms with Crippen LogP contribution in [0.3, 0.4) is 0 Å². The SMILES string of the molecule is COc1cccc(CCNS(=O)(=O)c2cn(Cc3ccccc3)nc2C)c1. The summed E-state index contributed by atoms with van der Waals surface area (Å²) in [7, 11) is -2.00. The molecule has 0 saturated heterocycles. The molecule has 27 heavy (non-hydrogen) atoms. The summed E-state index contributed by atoms with van der Waals surface area (Å²) < 4.78 is 34.8. The fourth-order valence-corrected chi connectivity index (χ4v) is 4.07. The molecule has 0 atom stereocenters. The molecule has 7 heteroatoms. The van der Waals surface area contributed by atoms with Crippen LogP contribution in [0.25, 0.3) is 0 Å². The molecule has 0 fully saturated rings. The molecule has 1 heterocycles. The minimum atomic E-state index is -3.61. The van der Waals surface area contributed by atoms with Gasteiger partial charge in [-0.2, -0.15) is 5.10 Å². The van der Waals surface area contributed by atoms with Gasteiger partial charge in [0.2, 0.25) is 10.0 Å². The third-order valence-corrected chi connectivity index (χ3v) is 5.78. The molecule has 0 unspecified atom stereocenters. The Morgan fingerprint density at radius 3 is 2.56 bits per heavy atom.